The van der Waals surface area contributed by atoms with Gasteiger partial charge in [0.2, 0.25) is 0 Å². The third-order valence-corrected chi connectivity index (χ3v) is 3.36. The molecule has 0 fully saturated rings. The molecule has 0 aliphatic rings. The predicted molar refractivity (Wildman–Crippen MR) is 78.2 cm³/mol. The van der Waals surface area contributed by atoms with Crippen molar-refractivity contribution in [1.29, 1.82) is 0 Å². The Hall–Kier alpha value is -2.88. The SMILES string of the molecule is c1ccc(-c2[nH]cnc2-c2ccc3nccn3c2)cc1. The molecule has 3 heterocycles. The van der Waals surface area contributed by atoms with Crippen molar-refractivity contribution >= 4 is 5.65 Å². The number of H-pyrrole nitrogens is 1. The smallest absolute Gasteiger partial charge is 0.136 e. The fourth-order valence-electron chi connectivity index (χ4n) is 2.40. The quantitative estimate of drug-likeness (QED) is 0.600. The van der Waals surface area contributed by atoms with E-state index in [1.165, 1.54) is 0 Å². The van der Waals surface area contributed by atoms with Crippen molar-refractivity contribution in [3.63, 3.8) is 0 Å². The van der Waals surface area contributed by atoms with Crippen LogP contribution >= 0.6 is 0 Å². The van der Waals surface area contributed by atoms with Gasteiger partial charge in [0.05, 0.1) is 17.7 Å². The Balaban J connectivity index is 1.88. The molecule has 0 bridgehead atoms. The predicted octanol–water partition coefficient (Wildman–Crippen LogP) is 3.39. The summed E-state index contributed by atoms with van der Waals surface area (Å²) in [6.45, 7) is 0. The van der Waals surface area contributed by atoms with Crippen molar-refractivity contribution < 1.29 is 0 Å². The highest BCUT2D eigenvalue weighted by Crippen LogP contribution is 2.28. The second kappa shape index (κ2) is 4.35. The lowest BCUT2D eigenvalue weighted by atomic mass is 10.1. The van der Waals surface area contributed by atoms with E-state index >= 15 is 0 Å². The summed E-state index contributed by atoms with van der Waals surface area (Å²) in [7, 11) is 0. The molecular formula is C16H12N4. The molecule has 0 unspecified atom stereocenters. The van der Waals surface area contributed by atoms with E-state index in [9.17, 15) is 0 Å². The van der Waals surface area contributed by atoms with E-state index in [-0.39, 0.29) is 0 Å². The van der Waals surface area contributed by atoms with Gasteiger partial charge in [-0.3, -0.25) is 0 Å². The first-order chi connectivity index (χ1) is 9.92. The number of rotatable bonds is 2. The van der Waals surface area contributed by atoms with Crippen molar-refractivity contribution in [3.8, 4) is 22.5 Å². The third kappa shape index (κ3) is 1.70. The van der Waals surface area contributed by atoms with Crippen molar-refractivity contribution in [2.75, 3.05) is 0 Å². The summed E-state index contributed by atoms with van der Waals surface area (Å²) in [5, 5.41) is 0. The zero-order valence-electron chi connectivity index (χ0n) is 10.7. The zero-order chi connectivity index (χ0) is 13.4. The average molecular weight is 260 g/mol. The van der Waals surface area contributed by atoms with Crippen LogP contribution in [0.2, 0.25) is 0 Å². The summed E-state index contributed by atoms with van der Waals surface area (Å²) in [5.74, 6) is 0. The second-order valence-electron chi connectivity index (χ2n) is 4.60. The van der Waals surface area contributed by atoms with Gasteiger partial charge >= 0.3 is 0 Å². The molecule has 0 saturated carbocycles. The number of pyridine rings is 1. The molecule has 4 aromatic rings. The highest BCUT2D eigenvalue weighted by atomic mass is 15.0. The van der Waals surface area contributed by atoms with Crippen LogP contribution in [0.3, 0.4) is 0 Å². The molecule has 4 heteroatoms. The molecule has 4 rings (SSSR count). The standard InChI is InChI=1S/C16H12N4/c1-2-4-12(5-3-1)15-16(19-11-18-15)13-6-7-14-17-8-9-20(14)10-13/h1-11H,(H,18,19). The van der Waals surface area contributed by atoms with E-state index in [1.807, 2.05) is 47.1 Å². The maximum absolute atomic E-state index is 4.46. The summed E-state index contributed by atoms with van der Waals surface area (Å²) in [5.41, 5.74) is 5.11. The van der Waals surface area contributed by atoms with E-state index in [2.05, 4.69) is 27.1 Å². The van der Waals surface area contributed by atoms with Crippen LogP contribution in [0, 0.1) is 0 Å². The second-order valence-corrected chi connectivity index (χ2v) is 4.60. The molecule has 4 nitrogen and oxygen atoms in total. The summed E-state index contributed by atoms with van der Waals surface area (Å²) < 4.78 is 2.00. The van der Waals surface area contributed by atoms with E-state index in [1.54, 1.807) is 12.5 Å². The van der Waals surface area contributed by atoms with Gasteiger partial charge in [-0.25, -0.2) is 9.97 Å². The van der Waals surface area contributed by atoms with Crippen LogP contribution in [-0.4, -0.2) is 19.4 Å². The lowest BCUT2D eigenvalue weighted by Gasteiger charge is -2.04. The Kier molecular flexibility index (Phi) is 2.39. The van der Waals surface area contributed by atoms with E-state index in [4.69, 9.17) is 0 Å². The first-order valence-electron chi connectivity index (χ1n) is 6.44. The largest absolute Gasteiger partial charge is 0.344 e. The molecule has 0 atom stereocenters. The summed E-state index contributed by atoms with van der Waals surface area (Å²) in [6.07, 6.45) is 7.51. The molecule has 96 valence electrons. The number of aromatic nitrogens is 4. The minimum Gasteiger partial charge on any atom is -0.344 e. The fourth-order valence-corrected chi connectivity index (χ4v) is 2.40. The Morgan fingerprint density at radius 1 is 0.900 bits per heavy atom. The first kappa shape index (κ1) is 11.0. The molecule has 0 amide bonds. The van der Waals surface area contributed by atoms with E-state index < -0.39 is 0 Å². The maximum Gasteiger partial charge on any atom is 0.136 e. The highest BCUT2D eigenvalue weighted by Gasteiger charge is 2.10. The molecule has 20 heavy (non-hydrogen) atoms. The van der Waals surface area contributed by atoms with Gasteiger partial charge in [0.15, 0.2) is 0 Å². The Morgan fingerprint density at radius 2 is 1.80 bits per heavy atom. The maximum atomic E-state index is 4.46. The van der Waals surface area contributed by atoms with E-state index in [0.29, 0.717) is 0 Å². The van der Waals surface area contributed by atoms with Crippen LogP contribution in [0.15, 0.2) is 67.4 Å². The van der Waals surface area contributed by atoms with Gasteiger partial charge in [0, 0.05) is 29.7 Å². The van der Waals surface area contributed by atoms with Gasteiger partial charge in [0.25, 0.3) is 0 Å². The zero-order valence-corrected chi connectivity index (χ0v) is 10.7. The average Bonchev–Trinajstić information content (AvgIpc) is 3.16. The number of fused-ring (bicyclic) bond motifs is 1. The number of aromatic amines is 1. The number of hydrogen-bond acceptors (Lipinski definition) is 2. The Bertz CT molecular complexity index is 858. The molecule has 0 saturated heterocycles. The van der Waals surface area contributed by atoms with Crippen molar-refractivity contribution in [2.24, 2.45) is 0 Å². The third-order valence-electron chi connectivity index (χ3n) is 3.36. The van der Waals surface area contributed by atoms with Crippen LogP contribution in [0.1, 0.15) is 0 Å². The van der Waals surface area contributed by atoms with Crippen LogP contribution in [0.5, 0.6) is 0 Å². The van der Waals surface area contributed by atoms with Crippen molar-refractivity contribution in [1.82, 2.24) is 19.4 Å². The molecule has 0 aliphatic heterocycles. The Morgan fingerprint density at radius 3 is 2.70 bits per heavy atom. The van der Waals surface area contributed by atoms with Gasteiger partial charge in [-0.1, -0.05) is 30.3 Å². The number of hydrogen-bond donors (Lipinski definition) is 1. The first-order valence-corrected chi connectivity index (χ1v) is 6.44. The monoisotopic (exact) mass is 260 g/mol. The molecule has 1 N–H and O–H groups in total. The van der Waals surface area contributed by atoms with E-state index in [0.717, 1.165) is 28.2 Å². The highest BCUT2D eigenvalue weighted by molar-refractivity contribution is 5.78. The molecule has 0 spiro atoms. The summed E-state index contributed by atoms with van der Waals surface area (Å²) >= 11 is 0. The summed E-state index contributed by atoms with van der Waals surface area (Å²) in [6, 6.07) is 14.3. The molecule has 0 aliphatic carbocycles. The van der Waals surface area contributed by atoms with Crippen LogP contribution in [0.4, 0.5) is 0 Å². The van der Waals surface area contributed by atoms with Crippen LogP contribution in [0.25, 0.3) is 28.2 Å². The van der Waals surface area contributed by atoms with Gasteiger partial charge in [-0.05, 0) is 12.1 Å². The van der Waals surface area contributed by atoms with Gasteiger partial charge in [-0.15, -0.1) is 0 Å². The minimum absolute atomic E-state index is 0.936. The summed E-state index contributed by atoms with van der Waals surface area (Å²) in [4.78, 5) is 11.9. The van der Waals surface area contributed by atoms with Crippen molar-refractivity contribution in [3.05, 3.63) is 67.4 Å². The lowest BCUT2D eigenvalue weighted by Crippen LogP contribution is -1.88. The van der Waals surface area contributed by atoms with Gasteiger partial charge in [-0.2, -0.15) is 0 Å². The van der Waals surface area contributed by atoms with Crippen LogP contribution < -0.4 is 0 Å². The normalized spacial score (nSPS) is 11.0. The van der Waals surface area contributed by atoms with Gasteiger partial charge < -0.3 is 9.38 Å². The Labute approximate surface area is 115 Å². The number of imidazole rings is 2. The fraction of sp³-hybridized carbons (Fsp3) is 0. The molecule has 1 aromatic carbocycles. The molecular weight excluding hydrogens is 248 g/mol. The molecule has 3 aromatic heterocycles. The number of benzene rings is 1. The van der Waals surface area contributed by atoms with Gasteiger partial charge in [0.1, 0.15) is 5.65 Å². The van der Waals surface area contributed by atoms with Crippen LogP contribution in [-0.2, 0) is 0 Å². The number of nitrogens with one attached hydrogen (secondary N) is 1. The minimum atomic E-state index is 0.936. The van der Waals surface area contributed by atoms with Crippen molar-refractivity contribution in [2.45, 2.75) is 0 Å². The molecule has 0 radical (unpaired) electrons. The lowest BCUT2D eigenvalue weighted by molar-refractivity contribution is 1.18. The topological polar surface area (TPSA) is 46.0 Å². The number of nitrogens with zero attached hydrogens (tertiary/aromatic N) is 3.